The number of H-pyrrole nitrogens is 1. The maximum atomic E-state index is 11.1. The molecule has 0 saturated carbocycles. The van der Waals surface area contributed by atoms with Gasteiger partial charge in [-0.2, -0.15) is 0 Å². The minimum atomic E-state index is -0.952. The Morgan fingerprint density at radius 2 is 2.11 bits per heavy atom. The zero-order chi connectivity index (χ0) is 13.3. The highest BCUT2D eigenvalue weighted by Crippen LogP contribution is 2.32. The van der Waals surface area contributed by atoms with Crippen molar-refractivity contribution in [3.8, 4) is 0 Å². The zero-order valence-electron chi connectivity index (χ0n) is 10.6. The number of carbonyl (C=O) groups is 1. The maximum absolute atomic E-state index is 11.1. The van der Waals surface area contributed by atoms with Crippen LogP contribution in [0.25, 0.3) is 10.9 Å². The van der Waals surface area contributed by atoms with Crippen molar-refractivity contribution in [2.45, 2.75) is 32.2 Å². The van der Waals surface area contributed by atoms with Crippen LogP contribution in [0.4, 0.5) is 0 Å². The van der Waals surface area contributed by atoms with Gasteiger partial charge in [-0.05, 0) is 25.0 Å². The molecule has 0 aliphatic heterocycles. The van der Waals surface area contributed by atoms with Crippen molar-refractivity contribution < 1.29 is 9.90 Å². The van der Waals surface area contributed by atoms with Crippen LogP contribution in [-0.2, 0) is 4.79 Å². The van der Waals surface area contributed by atoms with Crippen LogP contribution >= 0.6 is 0 Å². The van der Waals surface area contributed by atoms with E-state index in [0.29, 0.717) is 6.42 Å². The minimum absolute atomic E-state index is 0.168. The normalized spacial score (nSPS) is 14.6. The van der Waals surface area contributed by atoms with Gasteiger partial charge >= 0.3 is 5.97 Å². The Morgan fingerprint density at radius 3 is 2.72 bits per heavy atom. The fourth-order valence-electron chi connectivity index (χ4n) is 2.59. The number of aliphatic carboxylic acids is 1. The molecule has 2 aromatic rings. The summed E-state index contributed by atoms with van der Waals surface area (Å²) in [7, 11) is 0. The third-order valence-corrected chi connectivity index (χ3v) is 3.47. The lowest BCUT2D eigenvalue weighted by molar-refractivity contribution is -0.139. The number of carboxylic acids is 1. The van der Waals surface area contributed by atoms with E-state index in [2.05, 4.69) is 4.98 Å². The molecule has 1 heterocycles. The van der Waals surface area contributed by atoms with Crippen LogP contribution in [0, 0.1) is 6.92 Å². The highest BCUT2D eigenvalue weighted by Gasteiger charge is 2.27. The Kier molecular flexibility index (Phi) is 3.39. The summed E-state index contributed by atoms with van der Waals surface area (Å²) < 4.78 is 0. The second kappa shape index (κ2) is 4.82. The molecule has 0 aliphatic carbocycles. The molecule has 4 N–H and O–H groups in total. The fraction of sp³-hybridized carbons (Fsp3) is 0.357. The molecule has 0 aliphatic rings. The van der Waals surface area contributed by atoms with E-state index in [0.717, 1.165) is 22.2 Å². The van der Waals surface area contributed by atoms with E-state index in [1.807, 2.05) is 38.1 Å². The summed E-state index contributed by atoms with van der Waals surface area (Å²) in [5.41, 5.74) is 8.87. The molecule has 4 nitrogen and oxygen atoms in total. The Labute approximate surface area is 106 Å². The molecule has 2 unspecified atom stereocenters. The number of benzene rings is 1. The van der Waals surface area contributed by atoms with Crippen LogP contribution < -0.4 is 5.73 Å². The lowest BCUT2D eigenvalue weighted by Crippen LogP contribution is -2.36. The van der Waals surface area contributed by atoms with E-state index in [-0.39, 0.29) is 5.92 Å². The number of hydrogen-bond acceptors (Lipinski definition) is 2. The molecule has 4 heteroatoms. The quantitative estimate of drug-likeness (QED) is 0.775. The summed E-state index contributed by atoms with van der Waals surface area (Å²) in [6, 6.07) is 7.04. The van der Waals surface area contributed by atoms with Crippen molar-refractivity contribution in [3.05, 3.63) is 35.5 Å². The predicted octanol–water partition coefficient (Wildman–Crippen LogP) is 2.38. The molecule has 1 aromatic carbocycles. The number of aromatic amines is 1. The molecular weight excluding hydrogens is 228 g/mol. The number of nitrogens with one attached hydrogen (secondary N) is 1. The number of nitrogens with two attached hydrogens (primary N) is 1. The Bertz CT molecular complexity index is 574. The first kappa shape index (κ1) is 12.6. The van der Waals surface area contributed by atoms with Crippen LogP contribution in [0.1, 0.15) is 30.5 Å². The molecule has 0 saturated heterocycles. The van der Waals surface area contributed by atoms with Crippen molar-refractivity contribution >= 4 is 16.9 Å². The summed E-state index contributed by atoms with van der Waals surface area (Å²) in [5, 5.41) is 10.2. The first-order valence-corrected chi connectivity index (χ1v) is 6.11. The van der Waals surface area contributed by atoms with Crippen LogP contribution in [0.15, 0.2) is 24.3 Å². The maximum Gasteiger partial charge on any atom is 0.321 e. The second-order valence-electron chi connectivity index (χ2n) is 4.59. The summed E-state index contributed by atoms with van der Waals surface area (Å²) in [6.45, 7) is 3.93. The first-order chi connectivity index (χ1) is 8.56. The van der Waals surface area contributed by atoms with E-state index in [4.69, 9.17) is 10.8 Å². The van der Waals surface area contributed by atoms with Gasteiger partial charge in [-0.1, -0.05) is 25.1 Å². The fourth-order valence-corrected chi connectivity index (χ4v) is 2.59. The summed E-state index contributed by atoms with van der Waals surface area (Å²) in [5.74, 6) is -1.12. The predicted molar refractivity (Wildman–Crippen MR) is 71.7 cm³/mol. The van der Waals surface area contributed by atoms with E-state index in [9.17, 15) is 4.79 Å². The lowest BCUT2D eigenvalue weighted by Gasteiger charge is -2.19. The average Bonchev–Trinajstić information content (AvgIpc) is 2.67. The van der Waals surface area contributed by atoms with Gasteiger partial charge in [-0.3, -0.25) is 4.79 Å². The van der Waals surface area contributed by atoms with Gasteiger partial charge in [0.1, 0.15) is 6.04 Å². The molecule has 0 spiro atoms. The SMILES string of the molecule is CCC(c1c(C)[nH]c2ccccc12)C(N)C(=O)O. The average molecular weight is 246 g/mol. The van der Waals surface area contributed by atoms with E-state index < -0.39 is 12.0 Å². The number of fused-ring (bicyclic) bond motifs is 1. The van der Waals surface area contributed by atoms with Gasteiger partial charge in [0.05, 0.1) is 0 Å². The molecule has 0 radical (unpaired) electrons. The number of aryl methyl sites for hydroxylation is 1. The minimum Gasteiger partial charge on any atom is -0.480 e. The molecule has 96 valence electrons. The van der Waals surface area contributed by atoms with Crippen molar-refractivity contribution in [1.82, 2.24) is 4.98 Å². The van der Waals surface area contributed by atoms with Crippen LogP contribution in [-0.4, -0.2) is 22.1 Å². The van der Waals surface area contributed by atoms with Gasteiger partial charge < -0.3 is 15.8 Å². The number of aromatic nitrogens is 1. The van der Waals surface area contributed by atoms with Gasteiger partial charge in [0.25, 0.3) is 0 Å². The number of hydrogen-bond donors (Lipinski definition) is 3. The largest absolute Gasteiger partial charge is 0.480 e. The third-order valence-electron chi connectivity index (χ3n) is 3.47. The lowest BCUT2D eigenvalue weighted by atomic mass is 9.87. The summed E-state index contributed by atoms with van der Waals surface area (Å²) in [6.07, 6.45) is 0.705. The third kappa shape index (κ3) is 1.99. The molecule has 2 atom stereocenters. The van der Waals surface area contributed by atoms with Crippen molar-refractivity contribution in [2.75, 3.05) is 0 Å². The molecule has 18 heavy (non-hydrogen) atoms. The molecular formula is C14H18N2O2. The van der Waals surface area contributed by atoms with Crippen molar-refractivity contribution in [3.63, 3.8) is 0 Å². The number of rotatable bonds is 4. The summed E-state index contributed by atoms with van der Waals surface area (Å²) in [4.78, 5) is 14.4. The van der Waals surface area contributed by atoms with Gasteiger partial charge in [0, 0.05) is 22.5 Å². The molecule has 2 rings (SSSR count). The Hall–Kier alpha value is -1.81. The van der Waals surface area contributed by atoms with Gasteiger partial charge in [0.15, 0.2) is 0 Å². The van der Waals surface area contributed by atoms with Crippen molar-refractivity contribution in [1.29, 1.82) is 0 Å². The molecule has 0 bridgehead atoms. The van der Waals surface area contributed by atoms with E-state index in [1.165, 1.54) is 0 Å². The molecule has 1 aromatic heterocycles. The van der Waals surface area contributed by atoms with Crippen LogP contribution in [0.3, 0.4) is 0 Å². The van der Waals surface area contributed by atoms with Crippen LogP contribution in [0.5, 0.6) is 0 Å². The highest BCUT2D eigenvalue weighted by atomic mass is 16.4. The number of carboxylic acid groups (broad SMARTS) is 1. The van der Waals surface area contributed by atoms with Crippen molar-refractivity contribution in [2.24, 2.45) is 5.73 Å². The molecule has 0 amide bonds. The summed E-state index contributed by atoms with van der Waals surface area (Å²) >= 11 is 0. The van der Waals surface area contributed by atoms with Gasteiger partial charge in [-0.15, -0.1) is 0 Å². The molecule has 0 fully saturated rings. The Balaban J connectivity index is 2.57. The zero-order valence-corrected chi connectivity index (χ0v) is 10.6. The second-order valence-corrected chi connectivity index (χ2v) is 4.59. The van der Waals surface area contributed by atoms with Crippen LogP contribution in [0.2, 0.25) is 0 Å². The van der Waals surface area contributed by atoms with Gasteiger partial charge in [0.2, 0.25) is 0 Å². The topological polar surface area (TPSA) is 79.1 Å². The highest BCUT2D eigenvalue weighted by molar-refractivity contribution is 5.86. The van der Waals surface area contributed by atoms with E-state index in [1.54, 1.807) is 0 Å². The van der Waals surface area contributed by atoms with Gasteiger partial charge in [-0.25, -0.2) is 0 Å². The first-order valence-electron chi connectivity index (χ1n) is 6.11. The Morgan fingerprint density at radius 1 is 1.44 bits per heavy atom. The number of para-hydroxylation sites is 1. The van der Waals surface area contributed by atoms with E-state index >= 15 is 0 Å². The standard InChI is InChI=1S/C14H18N2O2/c1-3-9(13(15)14(17)18)12-8(2)16-11-7-5-4-6-10(11)12/h4-7,9,13,16H,3,15H2,1-2H3,(H,17,18). The smallest absolute Gasteiger partial charge is 0.321 e. The monoisotopic (exact) mass is 246 g/mol.